The van der Waals surface area contributed by atoms with E-state index in [9.17, 15) is 13.2 Å². The van der Waals surface area contributed by atoms with Gasteiger partial charge in [-0.05, 0) is 0 Å². The molecule has 1 atom stereocenters. The second kappa shape index (κ2) is 4.95. The Morgan fingerprint density at radius 1 is 1.54 bits per heavy atom. The van der Waals surface area contributed by atoms with E-state index in [-0.39, 0.29) is 17.0 Å². The molecular formula is C5H7Br2ClO4S. The molecule has 0 aromatic carbocycles. The van der Waals surface area contributed by atoms with Crippen LogP contribution in [-0.4, -0.2) is 40.1 Å². The smallest absolute Gasteiger partial charge is 0.336 e. The third kappa shape index (κ3) is 2.81. The number of halogens is 3. The number of carboxylic acid groups (broad SMARTS) is 1. The molecule has 0 fully saturated rings. The highest BCUT2D eigenvalue weighted by atomic mass is 79.9. The number of alkyl halides is 3. The van der Waals surface area contributed by atoms with E-state index >= 15 is 0 Å². The summed E-state index contributed by atoms with van der Waals surface area (Å²) in [5, 5.41) is 8.47. The van der Waals surface area contributed by atoms with E-state index < -0.39 is 19.5 Å². The van der Waals surface area contributed by atoms with E-state index in [0.29, 0.717) is 0 Å². The van der Waals surface area contributed by atoms with Crippen LogP contribution in [0.25, 0.3) is 0 Å². The molecule has 0 saturated carbocycles. The van der Waals surface area contributed by atoms with Gasteiger partial charge in [0.25, 0.3) is 0 Å². The minimum atomic E-state index is -3.78. The van der Waals surface area contributed by atoms with Crippen LogP contribution in [0.2, 0.25) is 0 Å². The molecule has 78 valence electrons. The number of carboxylic acids is 1. The molecule has 0 radical (unpaired) electrons. The average Bonchev–Trinajstić information content (AvgIpc) is 2.02. The molecule has 8 heteroatoms. The minimum absolute atomic E-state index is 0.129. The van der Waals surface area contributed by atoms with Gasteiger partial charge in [-0.1, -0.05) is 31.9 Å². The van der Waals surface area contributed by atoms with Gasteiger partial charge in [0, 0.05) is 11.2 Å². The van der Waals surface area contributed by atoms with Crippen molar-refractivity contribution in [1.29, 1.82) is 0 Å². The topological polar surface area (TPSA) is 71.4 Å². The second-order valence-corrected chi connectivity index (χ2v) is 7.33. The van der Waals surface area contributed by atoms with Crippen LogP contribution in [0, 0.1) is 0 Å². The molecule has 0 aromatic rings. The fraction of sp³-hybridized carbons (Fsp3) is 0.800. The molecule has 0 amide bonds. The maximum atomic E-state index is 11.4. The van der Waals surface area contributed by atoms with Crippen LogP contribution in [0.4, 0.5) is 0 Å². The summed E-state index contributed by atoms with van der Waals surface area (Å²) in [7, 11) is -3.78. The number of aliphatic carboxylic acids is 1. The molecule has 0 heterocycles. The zero-order chi connectivity index (χ0) is 10.7. The van der Waals surface area contributed by atoms with Gasteiger partial charge in [-0.2, -0.15) is 0 Å². The molecule has 0 aliphatic carbocycles. The Labute approximate surface area is 97.8 Å². The Morgan fingerprint density at radius 2 is 2.00 bits per heavy atom. The van der Waals surface area contributed by atoms with Crippen molar-refractivity contribution >= 4 is 59.3 Å². The lowest BCUT2D eigenvalue weighted by Crippen LogP contribution is -2.43. The summed E-state index contributed by atoms with van der Waals surface area (Å²) in [5.41, 5.74) is 0. The summed E-state index contributed by atoms with van der Waals surface area (Å²) in [6.07, 6.45) is 0. The summed E-state index contributed by atoms with van der Waals surface area (Å²) in [6.45, 7) is 0. The van der Waals surface area contributed by atoms with Crippen LogP contribution >= 0.6 is 43.5 Å². The maximum absolute atomic E-state index is 11.4. The lowest BCUT2D eigenvalue weighted by Gasteiger charge is -2.19. The number of hydrogen-bond acceptors (Lipinski definition) is 3. The average molecular weight is 358 g/mol. The van der Waals surface area contributed by atoms with Gasteiger partial charge in [-0.3, -0.25) is 0 Å². The van der Waals surface area contributed by atoms with Crippen molar-refractivity contribution < 1.29 is 18.3 Å². The number of hydrogen-bond donors (Lipinski definition) is 1. The van der Waals surface area contributed by atoms with Crippen molar-refractivity contribution in [3.05, 3.63) is 0 Å². The van der Waals surface area contributed by atoms with E-state index in [4.69, 9.17) is 16.7 Å². The van der Waals surface area contributed by atoms with Gasteiger partial charge in [-0.15, -0.1) is 11.6 Å². The van der Waals surface area contributed by atoms with Gasteiger partial charge in [0.1, 0.15) is 0 Å². The normalized spacial score (nSPS) is 16.5. The van der Waals surface area contributed by atoms with E-state index in [1.807, 2.05) is 0 Å². The van der Waals surface area contributed by atoms with Gasteiger partial charge in [0.2, 0.25) is 3.66 Å². The predicted octanol–water partition coefficient (Wildman–Crippen LogP) is 1.21. The standard InChI is InChI=1S/C5H7Br2ClO4S/c6-3-5(7,4(9)10)13(11,12)2-1-8/h1-3H2,(H,9,10). The van der Waals surface area contributed by atoms with E-state index in [1.165, 1.54) is 0 Å². The lowest BCUT2D eigenvalue weighted by molar-refractivity contribution is -0.136. The van der Waals surface area contributed by atoms with Crippen LogP contribution in [-0.2, 0) is 14.6 Å². The zero-order valence-electron chi connectivity index (χ0n) is 6.34. The first kappa shape index (κ1) is 13.7. The lowest BCUT2D eigenvalue weighted by atomic mass is 10.5. The van der Waals surface area contributed by atoms with Crippen LogP contribution < -0.4 is 0 Å². The summed E-state index contributed by atoms with van der Waals surface area (Å²) < 4.78 is 20.8. The summed E-state index contributed by atoms with van der Waals surface area (Å²) in [6, 6.07) is 0. The zero-order valence-corrected chi connectivity index (χ0v) is 11.1. The summed E-state index contributed by atoms with van der Waals surface area (Å²) >= 11 is 10.8. The molecule has 0 spiro atoms. The number of carbonyl (C=O) groups is 1. The van der Waals surface area contributed by atoms with Crippen LogP contribution in [0.3, 0.4) is 0 Å². The molecule has 0 aliphatic rings. The number of sulfone groups is 1. The van der Waals surface area contributed by atoms with E-state index in [1.54, 1.807) is 0 Å². The monoisotopic (exact) mass is 356 g/mol. The molecule has 0 rings (SSSR count). The first-order chi connectivity index (χ1) is 5.81. The predicted molar refractivity (Wildman–Crippen MR) is 57.6 cm³/mol. The molecule has 0 aromatic heterocycles. The van der Waals surface area contributed by atoms with Gasteiger partial charge in [0.15, 0.2) is 9.84 Å². The van der Waals surface area contributed by atoms with Crippen molar-refractivity contribution in [1.82, 2.24) is 0 Å². The van der Waals surface area contributed by atoms with Crippen molar-refractivity contribution in [2.75, 3.05) is 17.0 Å². The molecular weight excluding hydrogens is 351 g/mol. The summed E-state index contributed by atoms with van der Waals surface area (Å²) in [5.74, 6) is -1.96. The summed E-state index contributed by atoms with van der Waals surface area (Å²) in [4.78, 5) is 10.7. The molecule has 0 aliphatic heterocycles. The van der Waals surface area contributed by atoms with E-state index in [0.717, 1.165) is 0 Å². The molecule has 4 nitrogen and oxygen atoms in total. The SMILES string of the molecule is O=C(O)C(Br)(CBr)S(=O)(=O)CCCl. The second-order valence-electron chi connectivity index (χ2n) is 2.18. The first-order valence-electron chi connectivity index (χ1n) is 3.08. The largest absolute Gasteiger partial charge is 0.479 e. The Kier molecular flexibility index (Phi) is 5.21. The fourth-order valence-electron chi connectivity index (χ4n) is 0.537. The molecule has 1 unspecified atom stereocenters. The van der Waals surface area contributed by atoms with Crippen molar-refractivity contribution in [2.24, 2.45) is 0 Å². The van der Waals surface area contributed by atoms with Gasteiger partial charge in [0.05, 0.1) is 5.75 Å². The highest BCUT2D eigenvalue weighted by molar-refractivity contribution is 9.14. The first-order valence-corrected chi connectivity index (χ1v) is 7.18. The van der Waals surface area contributed by atoms with Gasteiger partial charge in [-0.25, -0.2) is 13.2 Å². The molecule has 0 saturated heterocycles. The highest BCUT2D eigenvalue weighted by Gasteiger charge is 2.47. The third-order valence-corrected chi connectivity index (χ3v) is 7.85. The Hall–Kier alpha value is 0.670. The highest BCUT2D eigenvalue weighted by Crippen LogP contribution is 2.29. The van der Waals surface area contributed by atoms with Crippen molar-refractivity contribution in [3.8, 4) is 0 Å². The molecule has 13 heavy (non-hydrogen) atoms. The Bertz CT molecular complexity index is 291. The Balaban J connectivity index is 5.09. The number of rotatable bonds is 5. The minimum Gasteiger partial charge on any atom is -0.479 e. The van der Waals surface area contributed by atoms with Crippen molar-refractivity contribution in [2.45, 2.75) is 3.66 Å². The quantitative estimate of drug-likeness (QED) is 0.750. The van der Waals surface area contributed by atoms with Crippen LogP contribution in [0.15, 0.2) is 0 Å². The molecule has 0 bridgehead atoms. The Morgan fingerprint density at radius 3 is 2.23 bits per heavy atom. The maximum Gasteiger partial charge on any atom is 0.336 e. The van der Waals surface area contributed by atoms with Crippen LogP contribution in [0.5, 0.6) is 0 Å². The van der Waals surface area contributed by atoms with Gasteiger partial charge < -0.3 is 5.11 Å². The van der Waals surface area contributed by atoms with Crippen LogP contribution in [0.1, 0.15) is 0 Å². The fourth-order valence-corrected chi connectivity index (χ4v) is 3.88. The third-order valence-electron chi connectivity index (χ3n) is 1.33. The molecule has 1 N–H and O–H groups in total. The van der Waals surface area contributed by atoms with Crippen molar-refractivity contribution in [3.63, 3.8) is 0 Å². The van der Waals surface area contributed by atoms with Gasteiger partial charge >= 0.3 is 5.97 Å². The van der Waals surface area contributed by atoms with E-state index in [2.05, 4.69) is 31.9 Å².